The molecule has 0 unspecified atom stereocenters. The van der Waals surface area contributed by atoms with E-state index >= 15 is 0 Å². The molecule has 0 saturated carbocycles. The molecule has 242 valence electrons. The standard InChI is InChI=1S/C36H39BrClN3O4S/c1-25-14-18-31(19-15-25)46(44,45)41(32-22-30(38)17-16-26(32)2)24-34(42)40(23-28-12-9-13-29(37)20-28)33(35(43)39-36(3,4)5)21-27-10-7-6-8-11-27/h6-20,22,33H,21,23-24H2,1-5H3,(H,39,43)/t33-/m0/s1. The van der Waals surface area contributed by atoms with Crippen LogP contribution in [-0.2, 0) is 32.6 Å². The van der Waals surface area contributed by atoms with E-state index in [0.717, 1.165) is 25.5 Å². The van der Waals surface area contributed by atoms with Crippen molar-refractivity contribution < 1.29 is 18.0 Å². The molecule has 0 fully saturated rings. The number of nitrogens with one attached hydrogen (secondary N) is 1. The van der Waals surface area contributed by atoms with Gasteiger partial charge in [-0.3, -0.25) is 13.9 Å². The van der Waals surface area contributed by atoms with Crippen molar-refractivity contribution in [2.24, 2.45) is 0 Å². The zero-order valence-corrected chi connectivity index (χ0v) is 29.8. The predicted octanol–water partition coefficient (Wildman–Crippen LogP) is 7.47. The van der Waals surface area contributed by atoms with Crippen LogP contribution in [0.25, 0.3) is 0 Å². The van der Waals surface area contributed by atoms with E-state index in [1.165, 1.54) is 17.0 Å². The lowest BCUT2D eigenvalue weighted by molar-refractivity contribution is -0.140. The summed E-state index contributed by atoms with van der Waals surface area (Å²) in [4.78, 5) is 30.2. The highest BCUT2D eigenvalue weighted by molar-refractivity contribution is 9.10. The Balaban J connectivity index is 1.85. The van der Waals surface area contributed by atoms with Crippen LogP contribution in [0.5, 0.6) is 0 Å². The number of benzene rings is 4. The van der Waals surface area contributed by atoms with Crippen LogP contribution in [-0.4, -0.2) is 43.3 Å². The number of rotatable bonds is 11. The number of hydrogen-bond donors (Lipinski definition) is 1. The summed E-state index contributed by atoms with van der Waals surface area (Å²) in [6, 6.07) is 27.4. The number of anilines is 1. The SMILES string of the molecule is Cc1ccc(S(=O)(=O)N(CC(=O)N(Cc2cccc(Br)c2)[C@@H](Cc2ccccc2)C(=O)NC(C)(C)C)c2cc(Cl)ccc2C)cc1. The highest BCUT2D eigenvalue weighted by Crippen LogP contribution is 2.30. The van der Waals surface area contributed by atoms with E-state index in [1.54, 1.807) is 37.3 Å². The Kier molecular flexibility index (Phi) is 11.4. The molecule has 0 radical (unpaired) electrons. The van der Waals surface area contributed by atoms with Gasteiger partial charge in [0.2, 0.25) is 11.8 Å². The predicted molar refractivity (Wildman–Crippen MR) is 188 cm³/mol. The van der Waals surface area contributed by atoms with Crippen molar-refractivity contribution in [3.05, 3.63) is 129 Å². The van der Waals surface area contributed by atoms with Crippen LogP contribution in [0.15, 0.2) is 106 Å². The van der Waals surface area contributed by atoms with Crippen molar-refractivity contribution in [1.82, 2.24) is 10.2 Å². The summed E-state index contributed by atoms with van der Waals surface area (Å²) in [5.74, 6) is -0.883. The van der Waals surface area contributed by atoms with E-state index in [4.69, 9.17) is 11.6 Å². The Labute approximate surface area is 285 Å². The molecule has 4 rings (SSSR count). The minimum atomic E-state index is -4.23. The molecule has 0 aliphatic rings. The highest BCUT2D eigenvalue weighted by Gasteiger charge is 2.36. The largest absolute Gasteiger partial charge is 0.350 e. The Morgan fingerprint density at radius 3 is 2.15 bits per heavy atom. The van der Waals surface area contributed by atoms with E-state index < -0.39 is 34.1 Å². The molecular formula is C36H39BrClN3O4S. The van der Waals surface area contributed by atoms with Crippen molar-refractivity contribution >= 4 is 55.1 Å². The summed E-state index contributed by atoms with van der Waals surface area (Å²) in [5, 5.41) is 3.37. The molecule has 0 saturated heterocycles. The lowest BCUT2D eigenvalue weighted by atomic mass is 10.0. The molecule has 10 heteroatoms. The summed E-state index contributed by atoms with van der Waals surface area (Å²) in [5.41, 5.74) is 2.86. The molecular weight excluding hydrogens is 686 g/mol. The second-order valence-corrected chi connectivity index (χ2v) is 15.6. The Bertz CT molecular complexity index is 1790. The maximum atomic E-state index is 14.6. The van der Waals surface area contributed by atoms with Crippen LogP contribution in [0.4, 0.5) is 5.69 Å². The van der Waals surface area contributed by atoms with Crippen molar-refractivity contribution in [1.29, 1.82) is 0 Å². The van der Waals surface area contributed by atoms with E-state index in [-0.39, 0.29) is 29.5 Å². The van der Waals surface area contributed by atoms with Gasteiger partial charge in [0.05, 0.1) is 10.6 Å². The third-order valence-electron chi connectivity index (χ3n) is 7.34. The number of nitrogens with zero attached hydrogens (tertiary/aromatic N) is 2. The van der Waals surface area contributed by atoms with Crippen molar-refractivity contribution in [3.63, 3.8) is 0 Å². The summed E-state index contributed by atoms with van der Waals surface area (Å²) < 4.78 is 30.5. The monoisotopic (exact) mass is 723 g/mol. The van der Waals surface area contributed by atoms with Gasteiger partial charge >= 0.3 is 0 Å². The van der Waals surface area contributed by atoms with Gasteiger partial charge in [-0.25, -0.2) is 8.42 Å². The summed E-state index contributed by atoms with van der Waals surface area (Å²) in [6.07, 6.45) is 0.226. The first-order valence-corrected chi connectivity index (χ1v) is 17.5. The number of aryl methyl sites for hydroxylation is 2. The van der Waals surface area contributed by atoms with E-state index in [0.29, 0.717) is 10.6 Å². The molecule has 4 aromatic carbocycles. The number of carbonyl (C=O) groups is 2. The van der Waals surface area contributed by atoms with Gasteiger partial charge in [-0.05, 0) is 87.7 Å². The third kappa shape index (κ3) is 9.21. The van der Waals surface area contributed by atoms with E-state index in [9.17, 15) is 18.0 Å². The zero-order valence-electron chi connectivity index (χ0n) is 26.6. The quantitative estimate of drug-likeness (QED) is 0.174. The lowest BCUT2D eigenvalue weighted by Crippen LogP contribution is -2.56. The zero-order chi connectivity index (χ0) is 33.6. The minimum absolute atomic E-state index is 0.0372. The van der Waals surface area contributed by atoms with Crippen LogP contribution in [0.2, 0.25) is 5.02 Å². The van der Waals surface area contributed by atoms with Gasteiger partial charge in [-0.15, -0.1) is 0 Å². The fourth-order valence-corrected chi connectivity index (χ4v) is 7.12. The molecule has 0 aromatic heterocycles. The molecule has 46 heavy (non-hydrogen) atoms. The second kappa shape index (κ2) is 14.8. The molecule has 1 atom stereocenters. The molecule has 7 nitrogen and oxygen atoms in total. The van der Waals surface area contributed by atoms with E-state index in [1.807, 2.05) is 82.3 Å². The average molecular weight is 725 g/mol. The van der Waals surface area contributed by atoms with Crippen molar-refractivity contribution in [3.8, 4) is 0 Å². The fourth-order valence-electron chi connectivity index (χ4n) is 5.04. The maximum absolute atomic E-state index is 14.6. The number of amides is 2. The summed E-state index contributed by atoms with van der Waals surface area (Å²) in [7, 11) is -4.23. The van der Waals surface area contributed by atoms with Crippen LogP contribution < -0.4 is 9.62 Å². The fraction of sp³-hybridized carbons (Fsp3) is 0.278. The molecule has 0 bridgehead atoms. The molecule has 1 N–H and O–H groups in total. The minimum Gasteiger partial charge on any atom is -0.350 e. The van der Waals surface area contributed by atoms with Gasteiger partial charge in [0.15, 0.2) is 0 Å². The van der Waals surface area contributed by atoms with Gasteiger partial charge in [0.1, 0.15) is 12.6 Å². The highest BCUT2D eigenvalue weighted by atomic mass is 79.9. The second-order valence-electron chi connectivity index (χ2n) is 12.4. The van der Waals surface area contributed by atoms with Crippen molar-refractivity contribution in [2.75, 3.05) is 10.8 Å². The number of sulfonamides is 1. The van der Waals surface area contributed by atoms with Crippen LogP contribution >= 0.6 is 27.5 Å². The molecule has 4 aromatic rings. The Morgan fingerprint density at radius 1 is 0.870 bits per heavy atom. The topological polar surface area (TPSA) is 86.8 Å². The average Bonchev–Trinajstić information content (AvgIpc) is 2.98. The summed E-state index contributed by atoms with van der Waals surface area (Å²) >= 11 is 9.88. The van der Waals surface area contributed by atoms with Crippen molar-refractivity contribution in [2.45, 2.75) is 64.1 Å². The van der Waals surface area contributed by atoms with Crippen LogP contribution in [0, 0.1) is 13.8 Å². The van der Waals surface area contributed by atoms with Crippen LogP contribution in [0.1, 0.15) is 43.0 Å². The number of halogens is 2. The Hall–Kier alpha value is -3.66. The number of hydrogen-bond acceptors (Lipinski definition) is 4. The first kappa shape index (κ1) is 35.2. The van der Waals surface area contributed by atoms with Crippen LogP contribution in [0.3, 0.4) is 0 Å². The normalized spacial score (nSPS) is 12.3. The van der Waals surface area contributed by atoms with Gasteiger partial charge in [-0.2, -0.15) is 0 Å². The van der Waals surface area contributed by atoms with E-state index in [2.05, 4.69) is 21.2 Å². The smallest absolute Gasteiger partial charge is 0.264 e. The molecule has 0 spiro atoms. The summed E-state index contributed by atoms with van der Waals surface area (Å²) in [6.45, 7) is 8.78. The van der Waals surface area contributed by atoms with Gasteiger partial charge in [0, 0.05) is 28.0 Å². The first-order chi connectivity index (χ1) is 21.6. The van der Waals surface area contributed by atoms with Gasteiger partial charge in [-0.1, -0.05) is 93.8 Å². The third-order valence-corrected chi connectivity index (χ3v) is 9.84. The molecule has 2 amide bonds. The number of carbonyl (C=O) groups excluding carboxylic acids is 2. The van der Waals surface area contributed by atoms with Gasteiger partial charge < -0.3 is 10.2 Å². The molecule has 0 aliphatic heterocycles. The Morgan fingerprint density at radius 2 is 1.52 bits per heavy atom. The first-order valence-electron chi connectivity index (χ1n) is 14.9. The van der Waals surface area contributed by atoms with Gasteiger partial charge in [0.25, 0.3) is 10.0 Å². The lowest BCUT2D eigenvalue weighted by Gasteiger charge is -2.35. The molecule has 0 aliphatic carbocycles. The maximum Gasteiger partial charge on any atom is 0.264 e. The molecule has 0 heterocycles.